The summed E-state index contributed by atoms with van der Waals surface area (Å²) in [6.07, 6.45) is 0. The lowest BCUT2D eigenvalue weighted by atomic mass is 10.4. The molecule has 0 spiro atoms. The molecule has 0 atom stereocenters. The van der Waals surface area contributed by atoms with Gasteiger partial charge in [-0.25, -0.2) is 0 Å². The lowest BCUT2D eigenvalue weighted by Gasteiger charge is -1.53. The van der Waals surface area contributed by atoms with E-state index in [-0.39, 0.29) is 0 Å². The first-order chi connectivity index (χ1) is 3.95. The minimum absolute atomic E-state index is 0.947. The Morgan fingerprint density at radius 3 is 1.88 bits per heavy atom. The minimum atomic E-state index is 0.947. The molecule has 2 heteroatoms. The molecule has 0 aliphatic rings. The van der Waals surface area contributed by atoms with Crippen molar-refractivity contribution < 1.29 is 8.83 Å². The third kappa shape index (κ3) is 0.179. The largest absolute Gasteiger partial charge is 0.445 e. The van der Waals surface area contributed by atoms with E-state index >= 15 is 0 Å². The summed E-state index contributed by atoms with van der Waals surface area (Å²) in [4.78, 5) is 0. The maximum absolute atomic E-state index is 5.00. The van der Waals surface area contributed by atoms with Crippen LogP contribution in [0.1, 0.15) is 0 Å². The topological polar surface area (TPSA) is 26.3 Å². The van der Waals surface area contributed by atoms with E-state index in [1.807, 2.05) is 12.1 Å². The van der Waals surface area contributed by atoms with Crippen LogP contribution in [-0.4, -0.2) is 0 Å². The highest BCUT2D eigenvalue weighted by molar-refractivity contribution is 6.05. The molecule has 0 unspecified atom stereocenters. The number of hydrogen-bond donors (Lipinski definition) is 0. The molecule has 0 saturated carbocycles. The standard InChI is InChI=1S/C6H2O2/c1-2-4-6(8-4)5-3(1)7-5/h1-2H. The predicted octanol–water partition coefficient (Wildman–Crippen LogP) is 2.05. The van der Waals surface area contributed by atoms with Crippen LogP contribution in [0.3, 0.4) is 0 Å². The molecule has 1 aromatic carbocycles. The molecular formula is C6H2O2. The van der Waals surface area contributed by atoms with Crippen LogP contribution in [0.5, 0.6) is 0 Å². The number of benzene rings is 1. The average molecular weight is 106 g/mol. The Morgan fingerprint density at radius 1 is 0.875 bits per heavy atom. The fraction of sp³-hybridized carbons (Fsp3) is 0. The van der Waals surface area contributed by atoms with Crippen molar-refractivity contribution in [3.05, 3.63) is 12.1 Å². The molecule has 0 amide bonds. The SMILES string of the molecule is c1cc2oc2c2oc12. The molecule has 8 heavy (non-hydrogen) atoms. The molecule has 0 fully saturated rings. The number of fused-ring (bicyclic) bond motifs is 3. The van der Waals surface area contributed by atoms with Crippen molar-refractivity contribution in [2.75, 3.05) is 0 Å². The molecule has 3 rings (SSSR count). The molecule has 3 aromatic rings. The minimum Gasteiger partial charge on any atom is -0.445 e. The smallest absolute Gasteiger partial charge is 0.216 e. The van der Waals surface area contributed by atoms with E-state index in [4.69, 9.17) is 8.83 Å². The van der Waals surface area contributed by atoms with Gasteiger partial charge in [0, 0.05) is 0 Å². The lowest BCUT2D eigenvalue weighted by Crippen LogP contribution is -1.39. The molecule has 2 heterocycles. The van der Waals surface area contributed by atoms with E-state index < -0.39 is 0 Å². The van der Waals surface area contributed by atoms with Gasteiger partial charge in [0.25, 0.3) is 0 Å². The molecule has 0 aliphatic carbocycles. The Balaban J connectivity index is 2.83. The van der Waals surface area contributed by atoms with Crippen molar-refractivity contribution in [3.8, 4) is 0 Å². The third-order valence-electron chi connectivity index (χ3n) is 1.38. The maximum Gasteiger partial charge on any atom is 0.216 e. The van der Waals surface area contributed by atoms with E-state index in [1.165, 1.54) is 0 Å². The second kappa shape index (κ2) is 0.616. The van der Waals surface area contributed by atoms with Crippen LogP contribution in [0.4, 0.5) is 0 Å². The summed E-state index contributed by atoms with van der Waals surface area (Å²) in [6.45, 7) is 0. The highest BCUT2D eigenvalue weighted by atomic mass is 16.4. The van der Waals surface area contributed by atoms with Gasteiger partial charge in [-0.05, 0) is 12.1 Å². The van der Waals surface area contributed by atoms with E-state index in [2.05, 4.69) is 0 Å². The Bertz CT molecular complexity index is 353. The molecule has 0 radical (unpaired) electrons. The number of hydrogen-bond acceptors (Lipinski definition) is 2. The quantitative estimate of drug-likeness (QED) is 0.438. The van der Waals surface area contributed by atoms with Crippen molar-refractivity contribution in [2.45, 2.75) is 0 Å². The van der Waals surface area contributed by atoms with Gasteiger partial charge in [-0.1, -0.05) is 0 Å². The van der Waals surface area contributed by atoms with E-state index in [0.717, 1.165) is 22.3 Å². The van der Waals surface area contributed by atoms with E-state index in [0.29, 0.717) is 0 Å². The Hall–Kier alpha value is -1.18. The van der Waals surface area contributed by atoms with Crippen molar-refractivity contribution in [3.63, 3.8) is 0 Å². The van der Waals surface area contributed by atoms with E-state index in [1.54, 1.807) is 0 Å². The zero-order valence-electron chi connectivity index (χ0n) is 3.97. The summed E-state index contributed by atoms with van der Waals surface area (Å²) >= 11 is 0. The van der Waals surface area contributed by atoms with Crippen molar-refractivity contribution in [2.24, 2.45) is 0 Å². The first-order valence-corrected chi connectivity index (χ1v) is 2.48. The lowest BCUT2D eigenvalue weighted by molar-refractivity contribution is 0.730. The monoisotopic (exact) mass is 106 g/mol. The highest BCUT2D eigenvalue weighted by Crippen LogP contribution is 2.38. The fourth-order valence-electron chi connectivity index (χ4n) is 0.856. The summed E-state index contributed by atoms with van der Waals surface area (Å²) < 4.78 is 9.99. The first-order valence-electron chi connectivity index (χ1n) is 2.48. The van der Waals surface area contributed by atoms with Crippen LogP contribution in [0.2, 0.25) is 0 Å². The summed E-state index contributed by atoms with van der Waals surface area (Å²) in [5.74, 6) is 0. The van der Waals surface area contributed by atoms with Gasteiger partial charge < -0.3 is 8.83 Å². The van der Waals surface area contributed by atoms with Crippen LogP contribution < -0.4 is 0 Å². The van der Waals surface area contributed by atoms with Crippen molar-refractivity contribution in [1.29, 1.82) is 0 Å². The van der Waals surface area contributed by atoms with Crippen molar-refractivity contribution >= 4 is 22.3 Å². The molecule has 38 valence electrons. The fourth-order valence-corrected chi connectivity index (χ4v) is 0.856. The predicted molar refractivity (Wildman–Crippen MR) is 28.4 cm³/mol. The molecule has 0 bridgehead atoms. The summed E-state index contributed by atoms with van der Waals surface area (Å²) in [6, 6.07) is 3.84. The van der Waals surface area contributed by atoms with Crippen LogP contribution >= 0.6 is 0 Å². The Labute approximate surface area is 44.3 Å². The molecular weight excluding hydrogens is 104 g/mol. The first kappa shape index (κ1) is 2.97. The summed E-state index contributed by atoms with van der Waals surface area (Å²) in [7, 11) is 0. The molecule has 0 aliphatic heterocycles. The maximum atomic E-state index is 5.00. The van der Waals surface area contributed by atoms with Gasteiger partial charge in [0.1, 0.15) is 0 Å². The second-order valence-electron chi connectivity index (χ2n) is 1.92. The van der Waals surface area contributed by atoms with Crippen LogP contribution in [0.25, 0.3) is 22.3 Å². The van der Waals surface area contributed by atoms with Crippen molar-refractivity contribution in [1.82, 2.24) is 0 Å². The van der Waals surface area contributed by atoms with Gasteiger partial charge in [-0.15, -0.1) is 0 Å². The zero-order valence-corrected chi connectivity index (χ0v) is 3.97. The summed E-state index contributed by atoms with van der Waals surface area (Å²) in [5.41, 5.74) is 3.84. The number of rotatable bonds is 0. The highest BCUT2D eigenvalue weighted by Gasteiger charge is 2.19. The molecule has 0 saturated heterocycles. The Kier molecular flexibility index (Phi) is 0.229. The molecule has 2 nitrogen and oxygen atoms in total. The van der Waals surface area contributed by atoms with Gasteiger partial charge in [-0.3, -0.25) is 0 Å². The van der Waals surface area contributed by atoms with Gasteiger partial charge in [0.05, 0.1) is 0 Å². The molecule has 0 N–H and O–H groups in total. The van der Waals surface area contributed by atoms with E-state index in [9.17, 15) is 0 Å². The zero-order chi connectivity index (χ0) is 5.14. The Morgan fingerprint density at radius 2 is 1.38 bits per heavy atom. The normalized spacial score (nSPS) is 13.0. The van der Waals surface area contributed by atoms with Gasteiger partial charge in [-0.2, -0.15) is 0 Å². The van der Waals surface area contributed by atoms with Gasteiger partial charge in [0.2, 0.25) is 11.2 Å². The van der Waals surface area contributed by atoms with Gasteiger partial charge >= 0.3 is 0 Å². The van der Waals surface area contributed by atoms with Crippen LogP contribution in [0.15, 0.2) is 21.0 Å². The summed E-state index contributed by atoms with van der Waals surface area (Å²) in [5, 5.41) is 0. The molecule has 2 aromatic heterocycles. The van der Waals surface area contributed by atoms with Gasteiger partial charge in [0.15, 0.2) is 11.2 Å². The van der Waals surface area contributed by atoms with Crippen LogP contribution in [-0.2, 0) is 0 Å². The third-order valence-corrected chi connectivity index (χ3v) is 1.38. The average Bonchev–Trinajstić information content (AvgIpc) is 2.59. The second-order valence-corrected chi connectivity index (χ2v) is 1.92. The van der Waals surface area contributed by atoms with Crippen LogP contribution in [0, 0.1) is 0 Å².